The Hall–Kier alpha value is -2.54. The van der Waals surface area contributed by atoms with Crippen molar-refractivity contribution in [3.8, 4) is 5.75 Å². The molecule has 6 nitrogen and oxygen atoms in total. The molecule has 1 aromatic heterocycles. The summed E-state index contributed by atoms with van der Waals surface area (Å²) in [5.74, 6) is -0.465. The minimum Gasteiger partial charge on any atom is -0.497 e. The maximum Gasteiger partial charge on any atom is 0.354 e. The minimum atomic E-state index is -0.667. The van der Waals surface area contributed by atoms with Crippen molar-refractivity contribution in [2.24, 2.45) is 0 Å². The van der Waals surface area contributed by atoms with Crippen LogP contribution in [-0.2, 0) is 9.53 Å². The smallest absolute Gasteiger partial charge is 0.354 e. The van der Waals surface area contributed by atoms with E-state index in [1.54, 1.807) is 37.4 Å². The molecule has 1 heterocycles. The maximum absolute atomic E-state index is 12.1. The lowest BCUT2D eigenvalue weighted by molar-refractivity contribution is -0.136. The van der Waals surface area contributed by atoms with Gasteiger partial charge in [-0.15, -0.1) is 0 Å². The number of carbonyl (C=O) groups is 2. The highest BCUT2D eigenvalue weighted by molar-refractivity contribution is 9.10. The van der Waals surface area contributed by atoms with E-state index in [1.165, 1.54) is 19.3 Å². The molecule has 0 saturated carbocycles. The van der Waals surface area contributed by atoms with Crippen molar-refractivity contribution in [3.05, 3.63) is 58.1 Å². The third-order valence-corrected chi connectivity index (χ3v) is 3.30. The summed E-state index contributed by atoms with van der Waals surface area (Å²) in [6.45, 7) is 0. The van der Waals surface area contributed by atoms with Crippen molar-refractivity contribution in [2.75, 3.05) is 14.2 Å². The molecule has 0 bridgehead atoms. The van der Waals surface area contributed by atoms with Crippen LogP contribution in [0.3, 0.4) is 0 Å². The van der Waals surface area contributed by atoms with Crippen molar-refractivity contribution in [1.29, 1.82) is 0 Å². The van der Waals surface area contributed by atoms with Gasteiger partial charge in [-0.3, -0.25) is 4.79 Å². The van der Waals surface area contributed by atoms with E-state index in [2.05, 4.69) is 26.0 Å². The molecule has 0 unspecified atom stereocenters. The lowest BCUT2D eigenvalue weighted by Gasteiger charge is -2.07. The summed E-state index contributed by atoms with van der Waals surface area (Å²) in [6, 6.07) is 10.1. The van der Waals surface area contributed by atoms with Crippen LogP contribution in [0.25, 0.3) is 6.08 Å². The summed E-state index contributed by atoms with van der Waals surface area (Å²) in [4.78, 5) is 23.9. The minimum absolute atomic E-state index is 0.00445. The van der Waals surface area contributed by atoms with Crippen LogP contribution in [0.15, 0.2) is 51.2 Å². The van der Waals surface area contributed by atoms with Crippen molar-refractivity contribution in [2.45, 2.75) is 0 Å². The lowest BCUT2D eigenvalue weighted by Crippen LogP contribution is -2.27. The Morgan fingerprint density at radius 3 is 2.35 bits per heavy atom. The number of rotatable bonds is 5. The predicted molar refractivity (Wildman–Crippen MR) is 86.9 cm³/mol. The Bertz CT molecular complexity index is 733. The molecule has 0 spiro atoms. The monoisotopic (exact) mass is 379 g/mol. The zero-order chi connectivity index (χ0) is 16.8. The summed E-state index contributed by atoms with van der Waals surface area (Å²) in [7, 11) is 2.80. The fourth-order valence-electron chi connectivity index (χ4n) is 1.74. The van der Waals surface area contributed by atoms with Crippen LogP contribution in [0.1, 0.15) is 16.1 Å². The van der Waals surface area contributed by atoms with Crippen LogP contribution in [0.4, 0.5) is 0 Å². The molecule has 0 saturated heterocycles. The van der Waals surface area contributed by atoms with Gasteiger partial charge < -0.3 is 19.2 Å². The Balaban J connectivity index is 2.23. The van der Waals surface area contributed by atoms with Crippen molar-refractivity contribution < 1.29 is 23.5 Å². The molecule has 0 aliphatic heterocycles. The fourth-order valence-corrected chi connectivity index (χ4v) is 2.05. The van der Waals surface area contributed by atoms with E-state index >= 15 is 0 Å². The van der Waals surface area contributed by atoms with Gasteiger partial charge in [-0.1, -0.05) is 12.1 Å². The normalized spacial score (nSPS) is 11.0. The summed E-state index contributed by atoms with van der Waals surface area (Å²) < 4.78 is 15.3. The molecule has 1 aromatic carbocycles. The summed E-state index contributed by atoms with van der Waals surface area (Å²) in [6.07, 6.45) is 1.50. The Labute approximate surface area is 141 Å². The van der Waals surface area contributed by atoms with Gasteiger partial charge in [0.15, 0.2) is 10.4 Å². The number of benzene rings is 1. The van der Waals surface area contributed by atoms with Crippen LogP contribution in [0, 0.1) is 0 Å². The second-order valence-corrected chi connectivity index (χ2v) is 5.16. The molecule has 0 radical (unpaired) electrons. The van der Waals surface area contributed by atoms with Crippen LogP contribution < -0.4 is 10.1 Å². The topological polar surface area (TPSA) is 77.8 Å². The highest BCUT2D eigenvalue weighted by Gasteiger charge is 2.17. The molecule has 23 heavy (non-hydrogen) atoms. The van der Waals surface area contributed by atoms with E-state index in [4.69, 9.17) is 9.15 Å². The Morgan fingerprint density at radius 2 is 1.83 bits per heavy atom. The van der Waals surface area contributed by atoms with Gasteiger partial charge in [0, 0.05) is 0 Å². The van der Waals surface area contributed by atoms with Gasteiger partial charge in [0.25, 0.3) is 5.91 Å². The summed E-state index contributed by atoms with van der Waals surface area (Å²) >= 11 is 3.11. The average Bonchev–Trinajstić information content (AvgIpc) is 3.00. The van der Waals surface area contributed by atoms with Gasteiger partial charge in [-0.25, -0.2) is 4.79 Å². The van der Waals surface area contributed by atoms with E-state index in [1.807, 2.05) is 0 Å². The number of ether oxygens (including phenoxy) is 2. The first-order chi connectivity index (χ1) is 11.0. The van der Waals surface area contributed by atoms with Crippen LogP contribution in [0.2, 0.25) is 0 Å². The first-order valence-electron chi connectivity index (χ1n) is 6.54. The molecule has 1 N–H and O–H groups in total. The third-order valence-electron chi connectivity index (χ3n) is 2.88. The highest BCUT2D eigenvalue weighted by atomic mass is 79.9. The summed E-state index contributed by atoms with van der Waals surface area (Å²) in [5.41, 5.74) is 0.697. The van der Waals surface area contributed by atoms with Crippen molar-refractivity contribution in [1.82, 2.24) is 5.32 Å². The number of amides is 1. The van der Waals surface area contributed by atoms with Gasteiger partial charge >= 0.3 is 5.97 Å². The molecule has 0 atom stereocenters. The Morgan fingerprint density at radius 1 is 1.13 bits per heavy atom. The molecule has 0 fully saturated rings. The quantitative estimate of drug-likeness (QED) is 0.638. The predicted octanol–water partition coefficient (Wildman–Crippen LogP) is 2.99. The molecular formula is C16H14BrNO5. The standard InChI is InChI=1S/C16H14BrNO5/c1-21-11-5-3-10(4-6-11)9-12(16(20)22-2)18-15(19)13-7-8-14(17)23-13/h3-9H,1-2H3,(H,18,19)/b12-9+. The molecule has 120 valence electrons. The largest absolute Gasteiger partial charge is 0.497 e. The van der Waals surface area contributed by atoms with Gasteiger partial charge in [-0.2, -0.15) is 0 Å². The average molecular weight is 380 g/mol. The van der Waals surface area contributed by atoms with E-state index in [-0.39, 0.29) is 11.5 Å². The van der Waals surface area contributed by atoms with E-state index in [9.17, 15) is 9.59 Å². The molecule has 1 amide bonds. The maximum atomic E-state index is 12.1. The van der Waals surface area contributed by atoms with Crippen LogP contribution >= 0.6 is 15.9 Å². The molecule has 0 aliphatic rings. The summed E-state index contributed by atoms with van der Waals surface area (Å²) in [5, 5.41) is 2.48. The van der Waals surface area contributed by atoms with Crippen molar-refractivity contribution >= 4 is 33.9 Å². The Kier molecular flexibility index (Phi) is 5.59. The van der Waals surface area contributed by atoms with Crippen molar-refractivity contribution in [3.63, 3.8) is 0 Å². The number of carbonyl (C=O) groups excluding carboxylic acids is 2. The number of hydrogen-bond acceptors (Lipinski definition) is 5. The number of nitrogens with one attached hydrogen (secondary N) is 1. The number of hydrogen-bond donors (Lipinski definition) is 1. The van der Waals surface area contributed by atoms with Crippen LogP contribution in [0.5, 0.6) is 5.75 Å². The zero-order valence-corrected chi connectivity index (χ0v) is 14.0. The number of furan rings is 1. The number of esters is 1. The number of halogens is 1. The van der Waals surface area contributed by atoms with Gasteiger partial charge in [0.1, 0.15) is 11.4 Å². The second kappa shape index (κ2) is 7.64. The molecule has 0 aliphatic carbocycles. The zero-order valence-electron chi connectivity index (χ0n) is 12.5. The SMILES string of the molecule is COC(=O)/C(=C\c1ccc(OC)cc1)NC(=O)c1ccc(Br)o1. The fraction of sp³-hybridized carbons (Fsp3) is 0.125. The molecule has 2 rings (SSSR count). The molecule has 2 aromatic rings. The van der Waals surface area contributed by atoms with Gasteiger partial charge in [0.05, 0.1) is 14.2 Å². The van der Waals surface area contributed by atoms with E-state index in [0.29, 0.717) is 16.0 Å². The van der Waals surface area contributed by atoms with Gasteiger partial charge in [-0.05, 0) is 51.8 Å². The lowest BCUT2D eigenvalue weighted by atomic mass is 10.2. The van der Waals surface area contributed by atoms with E-state index < -0.39 is 11.9 Å². The second-order valence-electron chi connectivity index (χ2n) is 4.38. The highest BCUT2D eigenvalue weighted by Crippen LogP contribution is 2.16. The molecular weight excluding hydrogens is 366 g/mol. The van der Waals surface area contributed by atoms with E-state index in [0.717, 1.165) is 0 Å². The number of methoxy groups -OCH3 is 2. The first kappa shape index (κ1) is 16.8. The third kappa shape index (κ3) is 4.46. The van der Waals surface area contributed by atoms with Gasteiger partial charge in [0.2, 0.25) is 0 Å². The molecule has 7 heteroatoms. The first-order valence-corrected chi connectivity index (χ1v) is 7.33. The van der Waals surface area contributed by atoms with Crippen LogP contribution in [-0.4, -0.2) is 26.1 Å².